The molecule has 0 saturated carbocycles. The second-order valence-electron chi connectivity index (χ2n) is 4.15. The van der Waals surface area contributed by atoms with E-state index in [1.165, 1.54) is 0 Å². The van der Waals surface area contributed by atoms with Gasteiger partial charge < -0.3 is 19.6 Å². The van der Waals surface area contributed by atoms with Crippen LogP contribution in [-0.2, 0) is 7.05 Å². The van der Waals surface area contributed by atoms with Crippen LogP contribution in [0.1, 0.15) is 0 Å². The van der Waals surface area contributed by atoms with Crippen LogP contribution < -0.4 is 10.5 Å². The lowest BCUT2D eigenvalue weighted by molar-refractivity contribution is 0.407. The molecule has 3 rings (SSSR count). The van der Waals surface area contributed by atoms with Crippen molar-refractivity contribution in [2.24, 2.45) is 7.05 Å². The van der Waals surface area contributed by atoms with Gasteiger partial charge in [-0.2, -0.15) is 0 Å². The van der Waals surface area contributed by atoms with E-state index in [9.17, 15) is 0 Å². The molecule has 0 unspecified atom stereocenters. The van der Waals surface area contributed by atoms with Crippen LogP contribution in [0.2, 0.25) is 0 Å². The molecular weight excluding hydrogens is 230 g/mol. The third-order valence-electron chi connectivity index (χ3n) is 3.00. The summed E-state index contributed by atoms with van der Waals surface area (Å²) in [5.74, 6) is 1.70. The molecule has 0 aliphatic heterocycles. The van der Waals surface area contributed by atoms with Crippen molar-refractivity contribution in [3.8, 4) is 17.1 Å². The Hall–Kier alpha value is -2.43. The highest BCUT2D eigenvalue weighted by Gasteiger charge is 2.13. The standard InChI is InChI=1S/C13H13N3O2/c1-16-4-3-8-5-11(17-2)9(6-10(8)16)12-7-13(14)15-18-12/h3-7H,1-2H3,(H2,14,15). The molecule has 2 aromatic heterocycles. The van der Waals surface area contributed by atoms with Gasteiger partial charge in [-0.3, -0.25) is 0 Å². The number of aryl methyl sites for hydroxylation is 1. The van der Waals surface area contributed by atoms with Crippen molar-refractivity contribution in [3.63, 3.8) is 0 Å². The quantitative estimate of drug-likeness (QED) is 0.750. The van der Waals surface area contributed by atoms with E-state index in [0.29, 0.717) is 11.6 Å². The van der Waals surface area contributed by atoms with E-state index >= 15 is 0 Å². The minimum Gasteiger partial charge on any atom is -0.496 e. The van der Waals surface area contributed by atoms with Crippen molar-refractivity contribution < 1.29 is 9.26 Å². The number of nitrogens with zero attached hydrogens (tertiary/aromatic N) is 2. The fourth-order valence-corrected chi connectivity index (χ4v) is 2.07. The number of nitrogens with two attached hydrogens (primary N) is 1. The summed E-state index contributed by atoms with van der Waals surface area (Å²) in [6.45, 7) is 0. The maximum atomic E-state index is 5.58. The Labute approximate surface area is 104 Å². The third-order valence-corrected chi connectivity index (χ3v) is 3.00. The smallest absolute Gasteiger partial charge is 0.172 e. The number of ether oxygens (including phenoxy) is 1. The molecule has 5 heteroatoms. The van der Waals surface area contributed by atoms with Crippen molar-refractivity contribution in [2.75, 3.05) is 12.8 Å². The second-order valence-corrected chi connectivity index (χ2v) is 4.15. The van der Waals surface area contributed by atoms with Gasteiger partial charge in [0.25, 0.3) is 0 Å². The summed E-state index contributed by atoms with van der Waals surface area (Å²) in [7, 11) is 3.63. The molecule has 3 aromatic rings. The molecule has 0 aliphatic carbocycles. The molecule has 92 valence electrons. The zero-order chi connectivity index (χ0) is 12.7. The molecule has 0 amide bonds. The minimum absolute atomic E-state index is 0.360. The first-order chi connectivity index (χ1) is 8.69. The molecule has 0 spiro atoms. The SMILES string of the molecule is COc1cc2ccn(C)c2cc1-c1cc(N)no1. The molecule has 18 heavy (non-hydrogen) atoms. The summed E-state index contributed by atoms with van der Waals surface area (Å²) in [6.07, 6.45) is 2.00. The van der Waals surface area contributed by atoms with Crippen LogP contribution in [0.25, 0.3) is 22.2 Å². The molecule has 0 aliphatic rings. The Bertz CT molecular complexity index is 712. The number of rotatable bonds is 2. The van der Waals surface area contributed by atoms with Crippen LogP contribution in [0.3, 0.4) is 0 Å². The first-order valence-corrected chi connectivity index (χ1v) is 5.54. The molecular formula is C13H13N3O2. The molecule has 0 saturated heterocycles. The summed E-state index contributed by atoms with van der Waals surface area (Å²) in [6, 6.07) is 7.71. The minimum atomic E-state index is 0.360. The Morgan fingerprint density at radius 3 is 2.83 bits per heavy atom. The highest BCUT2D eigenvalue weighted by molar-refractivity contribution is 5.88. The molecule has 0 bridgehead atoms. The van der Waals surface area contributed by atoms with E-state index in [1.807, 2.05) is 36.0 Å². The van der Waals surface area contributed by atoms with E-state index in [-0.39, 0.29) is 0 Å². The fraction of sp³-hybridized carbons (Fsp3) is 0.154. The molecule has 0 fully saturated rings. The third kappa shape index (κ3) is 1.52. The fourth-order valence-electron chi connectivity index (χ4n) is 2.07. The first-order valence-electron chi connectivity index (χ1n) is 5.54. The van der Waals surface area contributed by atoms with Crippen LogP contribution in [0.4, 0.5) is 5.82 Å². The lowest BCUT2D eigenvalue weighted by Crippen LogP contribution is -1.89. The van der Waals surface area contributed by atoms with Gasteiger partial charge in [0, 0.05) is 30.2 Å². The number of benzene rings is 1. The van der Waals surface area contributed by atoms with E-state index < -0.39 is 0 Å². The van der Waals surface area contributed by atoms with E-state index in [2.05, 4.69) is 5.16 Å². The van der Waals surface area contributed by atoms with Crippen molar-refractivity contribution in [1.82, 2.24) is 9.72 Å². The van der Waals surface area contributed by atoms with Crippen molar-refractivity contribution in [2.45, 2.75) is 0 Å². The number of aromatic nitrogens is 2. The topological polar surface area (TPSA) is 66.2 Å². The zero-order valence-corrected chi connectivity index (χ0v) is 10.2. The highest BCUT2D eigenvalue weighted by Crippen LogP contribution is 2.34. The summed E-state index contributed by atoms with van der Waals surface area (Å²) in [5.41, 5.74) is 7.52. The van der Waals surface area contributed by atoms with Crippen molar-refractivity contribution in [1.29, 1.82) is 0 Å². The van der Waals surface area contributed by atoms with Gasteiger partial charge in [0.05, 0.1) is 12.7 Å². The van der Waals surface area contributed by atoms with Gasteiger partial charge in [0.2, 0.25) is 0 Å². The lowest BCUT2D eigenvalue weighted by Gasteiger charge is -2.07. The molecule has 5 nitrogen and oxygen atoms in total. The molecule has 2 heterocycles. The number of nitrogen functional groups attached to an aromatic ring is 1. The molecule has 1 aromatic carbocycles. The Morgan fingerprint density at radius 2 is 2.17 bits per heavy atom. The summed E-state index contributed by atoms with van der Waals surface area (Å²) >= 11 is 0. The average Bonchev–Trinajstić information content (AvgIpc) is 2.95. The zero-order valence-electron chi connectivity index (χ0n) is 10.2. The van der Waals surface area contributed by atoms with Gasteiger partial charge in [-0.15, -0.1) is 0 Å². The van der Waals surface area contributed by atoms with Gasteiger partial charge in [-0.25, -0.2) is 0 Å². The maximum Gasteiger partial charge on any atom is 0.172 e. The van der Waals surface area contributed by atoms with Crippen LogP contribution in [0, 0.1) is 0 Å². The molecule has 2 N–H and O–H groups in total. The monoisotopic (exact) mass is 243 g/mol. The summed E-state index contributed by atoms with van der Waals surface area (Å²) < 4.78 is 12.6. The van der Waals surface area contributed by atoms with Gasteiger partial charge in [-0.1, -0.05) is 5.16 Å². The number of hydrogen-bond donors (Lipinski definition) is 1. The average molecular weight is 243 g/mol. The number of anilines is 1. The first kappa shape index (κ1) is 10.7. The van der Waals surface area contributed by atoms with Crippen molar-refractivity contribution in [3.05, 3.63) is 30.5 Å². The molecule has 0 atom stereocenters. The van der Waals surface area contributed by atoms with Gasteiger partial charge in [0.15, 0.2) is 11.6 Å². The highest BCUT2D eigenvalue weighted by atomic mass is 16.5. The Kier molecular flexibility index (Phi) is 2.26. The second kappa shape index (κ2) is 3.80. The normalized spacial score (nSPS) is 11.0. The predicted octanol–water partition coefficient (Wildman–Crippen LogP) is 2.42. The predicted molar refractivity (Wildman–Crippen MR) is 69.4 cm³/mol. The van der Waals surface area contributed by atoms with Crippen LogP contribution in [-0.4, -0.2) is 16.8 Å². The molecule has 0 radical (unpaired) electrons. The number of methoxy groups -OCH3 is 1. The Balaban J connectivity index is 2.28. The summed E-state index contributed by atoms with van der Waals surface area (Å²) in [4.78, 5) is 0. The van der Waals surface area contributed by atoms with Gasteiger partial charge in [-0.05, 0) is 18.2 Å². The van der Waals surface area contributed by atoms with Crippen LogP contribution in [0.15, 0.2) is 35.0 Å². The lowest BCUT2D eigenvalue weighted by atomic mass is 10.1. The number of hydrogen-bond acceptors (Lipinski definition) is 4. The van der Waals surface area contributed by atoms with Gasteiger partial charge >= 0.3 is 0 Å². The van der Waals surface area contributed by atoms with E-state index in [1.54, 1.807) is 13.2 Å². The van der Waals surface area contributed by atoms with Crippen molar-refractivity contribution >= 4 is 16.7 Å². The largest absolute Gasteiger partial charge is 0.496 e. The Morgan fingerprint density at radius 1 is 1.33 bits per heavy atom. The van der Waals surface area contributed by atoms with E-state index in [4.69, 9.17) is 15.0 Å². The number of fused-ring (bicyclic) bond motifs is 1. The van der Waals surface area contributed by atoms with Crippen LogP contribution >= 0.6 is 0 Å². The summed E-state index contributed by atoms with van der Waals surface area (Å²) in [5, 5.41) is 4.82. The van der Waals surface area contributed by atoms with Gasteiger partial charge in [0.1, 0.15) is 5.75 Å². The van der Waals surface area contributed by atoms with E-state index in [0.717, 1.165) is 22.2 Å². The van der Waals surface area contributed by atoms with Crippen LogP contribution in [0.5, 0.6) is 5.75 Å². The maximum absolute atomic E-state index is 5.58.